The summed E-state index contributed by atoms with van der Waals surface area (Å²) >= 11 is 6.49. The summed E-state index contributed by atoms with van der Waals surface area (Å²) in [6, 6.07) is 13.0. The molecule has 1 atom stereocenters. The molecule has 0 bridgehead atoms. The Morgan fingerprint density at radius 2 is 2.00 bits per heavy atom. The Kier molecular flexibility index (Phi) is 6.04. The molecule has 0 saturated carbocycles. The first-order valence-electron chi connectivity index (χ1n) is 11.1. The number of H-pyrrole nitrogens is 1. The number of hydrogen-bond acceptors (Lipinski definition) is 6. The lowest BCUT2D eigenvalue weighted by atomic mass is 10.0. The number of nitrogen functional groups attached to an aromatic ring is 1. The molecule has 2 amide bonds. The van der Waals surface area contributed by atoms with Crippen LogP contribution in [0.5, 0.6) is 0 Å². The fourth-order valence-electron chi connectivity index (χ4n) is 4.27. The van der Waals surface area contributed by atoms with Crippen LogP contribution in [0.2, 0.25) is 5.02 Å². The lowest BCUT2D eigenvalue weighted by Crippen LogP contribution is -2.34. The number of amides is 2. The minimum Gasteiger partial charge on any atom is -0.381 e. The van der Waals surface area contributed by atoms with Crippen molar-refractivity contribution >= 4 is 40.2 Å². The van der Waals surface area contributed by atoms with Crippen LogP contribution in [0.1, 0.15) is 6.42 Å². The van der Waals surface area contributed by atoms with Crippen molar-refractivity contribution in [2.75, 3.05) is 37.7 Å². The van der Waals surface area contributed by atoms with Crippen LogP contribution in [-0.4, -0.2) is 57.8 Å². The van der Waals surface area contributed by atoms with Gasteiger partial charge in [-0.2, -0.15) is 5.10 Å². The van der Waals surface area contributed by atoms with Crippen molar-refractivity contribution in [1.29, 1.82) is 0 Å². The number of carbonyl (C=O) groups excluding carboxylic acids is 1. The number of aromatic amines is 1. The largest absolute Gasteiger partial charge is 0.381 e. The van der Waals surface area contributed by atoms with Gasteiger partial charge in [-0.25, -0.2) is 14.8 Å². The summed E-state index contributed by atoms with van der Waals surface area (Å²) in [7, 11) is 2.08. The van der Waals surface area contributed by atoms with Crippen LogP contribution in [-0.2, 0) is 0 Å². The van der Waals surface area contributed by atoms with Gasteiger partial charge in [0, 0.05) is 29.6 Å². The molecule has 1 unspecified atom stereocenters. The fraction of sp³-hybridized carbons (Fsp3) is 0.250. The summed E-state index contributed by atoms with van der Waals surface area (Å²) in [5.41, 5.74) is 9.71. The fourth-order valence-corrected chi connectivity index (χ4v) is 4.54. The van der Waals surface area contributed by atoms with Crippen LogP contribution >= 0.6 is 11.6 Å². The Balaban J connectivity index is 1.49. The van der Waals surface area contributed by atoms with Gasteiger partial charge in [0.25, 0.3) is 0 Å². The quantitative estimate of drug-likeness (QED) is 0.345. The Morgan fingerprint density at radius 3 is 2.76 bits per heavy atom. The Morgan fingerprint density at radius 1 is 1.21 bits per heavy atom. The molecule has 0 radical (unpaired) electrons. The molecule has 34 heavy (non-hydrogen) atoms. The molecule has 5 N–H and O–H groups in total. The molecular weight excluding hydrogens is 452 g/mol. The topological polar surface area (TPSA) is 125 Å². The van der Waals surface area contributed by atoms with Crippen molar-refractivity contribution in [3.8, 4) is 22.5 Å². The van der Waals surface area contributed by atoms with Crippen LogP contribution in [0, 0.1) is 5.92 Å². The second-order valence-electron chi connectivity index (χ2n) is 8.56. The minimum absolute atomic E-state index is 0.133. The van der Waals surface area contributed by atoms with E-state index in [0.29, 0.717) is 28.9 Å². The van der Waals surface area contributed by atoms with Crippen molar-refractivity contribution in [1.82, 2.24) is 30.4 Å². The number of nitrogens with zero attached hydrogens (tertiary/aromatic N) is 4. The average molecular weight is 477 g/mol. The third kappa shape index (κ3) is 4.52. The van der Waals surface area contributed by atoms with Crippen molar-refractivity contribution in [2.45, 2.75) is 6.42 Å². The van der Waals surface area contributed by atoms with Crippen LogP contribution in [0.25, 0.3) is 33.4 Å². The maximum absolute atomic E-state index is 12.6. The molecule has 1 saturated heterocycles. The van der Waals surface area contributed by atoms with Crippen LogP contribution in [0.4, 0.5) is 16.4 Å². The number of aromatic nitrogens is 4. The van der Waals surface area contributed by atoms with E-state index in [9.17, 15) is 4.79 Å². The monoisotopic (exact) mass is 476 g/mol. The number of rotatable bonds is 5. The van der Waals surface area contributed by atoms with Crippen LogP contribution in [0.3, 0.4) is 0 Å². The summed E-state index contributed by atoms with van der Waals surface area (Å²) in [5.74, 6) is 0.756. The lowest BCUT2D eigenvalue weighted by Gasteiger charge is -2.15. The third-order valence-corrected chi connectivity index (χ3v) is 6.31. The molecule has 1 fully saturated rings. The van der Waals surface area contributed by atoms with E-state index in [0.717, 1.165) is 41.5 Å². The summed E-state index contributed by atoms with van der Waals surface area (Å²) in [4.78, 5) is 24.2. The number of halogens is 1. The van der Waals surface area contributed by atoms with Crippen LogP contribution in [0.15, 0.2) is 48.7 Å². The number of nitrogens with two attached hydrogens (primary N) is 1. The lowest BCUT2D eigenvalue weighted by molar-refractivity contribution is 0.250. The van der Waals surface area contributed by atoms with Crippen molar-refractivity contribution in [2.24, 2.45) is 5.92 Å². The molecule has 0 spiro atoms. The maximum atomic E-state index is 12.6. The van der Waals surface area contributed by atoms with E-state index in [1.165, 1.54) is 0 Å². The zero-order valence-electron chi connectivity index (χ0n) is 18.7. The van der Waals surface area contributed by atoms with E-state index in [1.54, 1.807) is 12.3 Å². The first-order chi connectivity index (χ1) is 16.5. The smallest absolute Gasteiger partial charge is 0.320 e. The molecule has 4 aromatic rings. The van der Waals surface area contributed by atoms with Crippen molar-refractivity contribution in [3.63, 3.8) is 0 Å². The minimum atomic E-state index is -0.364. The summed E-state index contributed by atoms with van der Waals surface area (Å²) in [5, 5.41) is 14.0. The van der Waals surface area contributed by atoms with Gasteiger partial charge >= 0.3 is 6.03 Å². The SMILES string of the molecule is CN1CCC(CNC(=O)Nc2nc(-c3cc(Cl)c4[nH]ncc4c3)c(-c3ccccc3)nc2N)C1. The molecular formula is C24H25ClN8O. The second kappa shape index (κ2) is 9.28. The molecule has 10 heteroatoms. The van der Waals surface area contributed by atoms with Gasteiger partial charge in [-0.05, 0) is 38.1 Å². The number of nitrogens with one attached hydrogen (secondary N) is 3. The normalized spacial score (nSPS) is 16.1. The van der Waals surface area contributed by atoms with E-state index in [4.69, 9.17) is 22.3 Å². The van der Waals surface area contributed by atoms with Crippen molar-refractivity contribution in [3.05, 3.63) is 53.7 Å². The predicted molar refractivity (Wildman–Crippen MR) is 135 cm³/mol. The number of urea groups is 1. The second-order valence-corrected chi connectivity index (χ2v) is 8.97. The van der Waals surface area contributed by atoms with Crippen molar-refractivity contribution < 1.29 is 4.79 Å². The van der Waals surface area contributed by atoms with E-state index in [-0.39, 0.29) is 17.7 Å². The first-order valence-corrected chi connectivity index (χ1v) is 11.4. The number of carbonyl (C=O) groups is 1. The number of likely N-dealkylation sites (tertiary alicyclic amines) is 1. The standard InChI is InChI=1S/C24H25ClN8O/c1-33-8-7-14(13-33)11-27-24(34)31-23-22(26)29-20(15-5-3-2-4-6-15)21(30-23)16-9-17-12-28-32-19(17)18(25)10-16/h2-6,9-10,12,14H,7-8,11,13H2,1H3,(H2,26,29)(H,28,32)(H2,27,30,31,34). The summed E-state index contributed by atoms with van der Waals surface area (Å²) in [6.07, 6.45) is 2.76. The molecule has 5 rings (SSSR count). The zero-order chi connectivity index (χ0) is 23.7. The summed E-state index contributed by atoms with van der Waals surface area (Å²) < 4.78 is 0. The highest BCUT2D eigenvalue weighted by Gasteiger charge is 2.21. The Bertz CT molecular complexity index is 1340. The number of hydrogen-bond donors (Lipinski definition) is 4. The van der Waals surface area contributed by atoms with Gasteiger partial charge < -0.3 is 16.0 Å². The number of anilines is 2. The van der Waals surface area contributed by atoms with Gasteiger partial charge in [0.2, 0.25) is 0 Å². The third-order valence-electron chi connectivity index (χ3n) is 6.02. The molecule has 2 aromatic carbocycles. The number of benzene rings is 2. The highest BCUT2D eigenvalue weighted by molar-refractivity contribution is 6.35. The van der Waals surface area contributed by atoms with Gasteiger partial charge in [0.15, 0.2) is 11.6 Å². The Labute approximate surface area is 201 Å². The number of fused-ring (bicyclic) bond motifs is 1. The highest BCUT2D eigenvalue weighted by atomic mass is 35.5. The maximum Gasteiger partial charge on any atom is 0.320 e. The molecule has 3 heterocycles. The van der Waals surface area contributed by atoms with E-state index in [1.807, 2.05) is 36.4 Å². The van der Waals surface area contributed by atoms with Gasteiger partial charge in [0.05, 0.1) is 28.1 Å². The van der Waals surface area contributed by atoms with Gasteiger partial charge in [0.1, 0.15) is 0 Å². The Hall–Kier alpha value is -3.69. The predicted octanol–water partition coefficient (Wildman–Crippen LogP) is 4.00. The van der Waals surface area contributed by atoms with E-state index in [2.05, 4.69) is 37.8 Å². The zero-order valence-corrected chi connectivity index (χ0v) is 19.4. The molecule has 174 valence electrons. The molecule has 1 aliphatic rings. The van der Waals surface area contributed by atoms with Gasteiger partial charge in [-0.1, -0.05) is 41.9 Å². The van der Waals surface area contributed by atoms with E-state index < -0.39 is 0 Å². The molecule has 2 aromatic heterocycles. The van der Waals surface area contributed by atoms with Gasteiger partial charge in [-0.3, -0.25) is 10.4 Å². The average Bonchev–Trinajstić information content (AvgIpc) is 3.48. The van der Waals surface area contributed by atoms with Gasteiger partial charge in [-0.15, -0.1) is 0 Å². The van der Waals surface area contributed by atoms with Crippen LogP contribution < -0.4 is 16.4 Å². The van der Waals surface area contributed by atoms with E-state index >= 15 is 0 Å². The first kappa shape index (κ1) is 22.1. The summed E-state index contributed by atoms with van der Waals surface area (Å²) in [6.45, 7) is 2.60. The molecule has 0 aliphatic carbocycles. The molecule has 9 nitrogen and oxygen atoms in total. The molecule has 1 aliphatic heterocycles. The highest BCUT2D eigenvalue weighted by Crippen LogP contribution is 2.35.